The first-order valence-electron chi connectivity index (χ1n) is 5.87. The van der Waals surface area contributed by atoms with Crippen LogP contribution < -0.4 is 5.73 Å². The standard InChI is InChI=1S/C13H13N5S2/c1-19-12-7-11(15)17-13(18-12)20-5-3-10-6-9(8-14)2-4-16-10/h2,4,6-7H,3,5H2,1H3,(H2,15,17,18). The van der Waals surface area contributed by atoms with Crippen molar-refractivity contribution in [2.75, 3.05) is 17.7 Å². The summed E-state index contributed by atoms with van der Waals surface area (Å²) in [7, 11) is 0. The number of nitrogen functional groups attached to an aromatic ring is 1. The number of nitriles is 1. The molecule has 0 amide bonds. The predicted molar refractivity (Wildman–Crippen MR) is 81.6 cm³/mol. The van der Waals surface area contributed by atoms with Crippen LogP contribution in [0.25, 0.3) is 0 Å². The molecule has 0 unspecified atom stereocenters. The molecule has 0 aromatic carbocycles. The molecule has 0 aliphatic heterocycles. The van der Waals surface area contributed by atoms with E-state index in [0.29, 0.717) is 16.5 Å². The maximum Gasteiger partial charge on any atom is 0.190 e. The molecule has 2 rings (SSSR count). The lowest BCUT2D eigenvalue weighted by molar-refractivity contribution is 0.898. The number of aromatic nitrogens is 3. The minimum Gasteiger partial charge on any atom is -0.384 e. The van der Waals surface area contributed by atoms with Gasteiger partial charge in [-0.15, -0.1) is 11.8 Å². The lowest BCUT2D eigenvalue weighted by atomic mass is 10.2. The van der Waals surface area contributed by atoms with Crippen molar-refractivity contribution in [2.24, 2.45) is 0 Å². The highest BCUT2D eigenvalue weighted by Crippen LogP contribution is 2.20. The van der Waals surface area contributed by atoms with E-state index in [1.807, 2.05) is 6.26 Å². The number of hydrogen-bond acceptors (Lipinski definition) is 7. The summed E-state index contributed by atoms with van der Waals surface area (Å²) in [5.74, 6) is 1.27. The number of nitrogens with two attached hydrogens (primary N) is 1. The smallest absolute Gasteiger partial charge is 0.190 e. The number of hydrogen-bond donors (Lipinski definition) is 1. The van der Waals surface area contributed by atoms with Gasteiger partial charge in [-0.1, -0.05) is 11.8 Å². The third kappa shape index (κ3) is 4.11. The number of rotatable bonds is 5. The Hall–Kier alpha value is -1.78. The summed E-state index contributed by atoms with van der Waals surface area (Å²) in [6.45, 7) is 0. The molecule has 0 bridgehead atoms. The van der Waals surface area contributed by atoms with Gasteiger partial charge < -0.3 is 5.73 Å². The van der Waals surface area contributed by atoms with Crippen LogP contribution in [0, 0.1) is 11.3 Å². The van der Waals surface area contributed by atoms with Crippen LogP contribution in [0.1, 0.15) is 11.3 Å². The maximum atomic E-state index is 8.83. The van der Waals surface area contributed by atoms with E-state index in [4.69, 9.17) is 11.0 Å². The Bertz CT molecular complexity index is 639. The Labute approximate surface area is 126 Å². The van der Waals surface area contributed by atoms with Crippen LogP contribution in [-0.2, 0) is 6.42 Å². The Morgan fingerprint density at radius 2 is 2.20 bits per heavy atom. The molecule has 0 saturated heterocycles. The second-order valence-electron chi connectivity index (χ2n) is 3.86. The van der Waals surface area contributed by atoms with Gasteiger partial charge in [-0.25, -0.2) is 9.97 Å². The van der Waals surface area contributed by atoms with Crippen molar-refractivity contribution in [3.05, 3.63) is 35.7 Å². The van der Waals surface area contributed by atoms with Crippen LogP contribution in [0.4, 0.5) is 5.82 Å². The summed E-state index contributed by atoms with van der Waals surface area (Å²) >= 11 is 3.07. The van der Waals surface area contributed by atoms with Crippen molar-refractivity contribution in [3.8, 4) is 6.07 Å². The Morgan fingerprint density at radius 3 is 2.95 bits per heavy atom. The fraction of sp³-hybridized carbons (Fsp3) is 0.231. The van der Waals surface area contributed by atoms with Gasteiger partial charge in [0, 0.05) is 23.7 Å². The topological polar surface area (TPSA) is 88.5 Å². The van der Waals surface area contributed by atoms with E-state index in [1.165, 1.54) is 23.5 Å². The lowest BCUT2D eigenvalue weighted by Crippen LogP contribution is -1.98. The first kappa shape index (κ1) is 14.6. The molecule has 0 saturated carbocycles. The molecular weight excluding hydrogens is 290 g/mol. The molecule has 0 aliphatic rings. The highest BCUT2D eigenvalue weighted by molar-refractivity contribution is 7.99. The zero-order valence-corrected chi connectivity index (χ0v) is 12.5. The summed E-state index contributed by atoms with van der Waals surface area (Å²) in [5.41, 5.74) is 7.25. The maximum absolute atomic E-state index is 8.83. The number of thioether (sulfide) groups is 2. The predicted octanol–water partition coefficient (Wildman–Crippen LogP) is 2.38. The minimum atomic E-state index is 0.483. The van der Waals surface area contributed by atoms with Crippen molar-refractivity contribution >= 4 is 29.3 Å². The normalized spacial score (nSPS) is 10.2. The number of anilines is 1. The molecule has 0 atom stereocenters. The highest BCUT2D eigenvalue weighted by atomic mass is 32.2. The molecule has 2 N–H and O–H groups in total. The molecule has 2 heterocycles. The molecule has 2 aromatic heterocycles. The van der Waals surface area contributed by atoms with Gasteiger partial charge in [0.1, 0.15) is 10.8 Å². The Morgan fingerprint density at radius 1 is 1.35 bits per heavy atom. The largest absolute Gasteiger partial charge is 0.384 e. The van der Waals surface area contributed by atoms with E-state index in [-0.39, 0.29) is 0 Å². The van der Waals surface area contributed by atoms with E-state index < -0.39 is 0 Å². The SMILES string of the molecule is CSc1cc(N)nc(SCCc2cc(C#N)ccn2)n1. The van der Waals surface area contributed by atoms with Gasteiger partial charge in [0.15, 0.2) is 5.16 Å². The van der Waals surface area contributed by atoms with E-state index in [2.05, 4.69) is 21.0 Å². The summed E-state index contributed by atoms with van der Waals surface area (Å²) in [5, 5.41) is 10.4. The van der Waals surface area contributed by atoms with Gasteiger partial charge in [-0.3, -0.25) is 4.98 Å². The average Bonchev–Trinajstić information content (AvgIpc) is 2.47. The van der Waals surface area contributed by atoms with Gasteiger partial charge in [0.05, 0.1) is 11.6 Å². The molecule has 0 spiro atoms. The van der Waals surface area contributed by atoms with E-state index in [9.17, 15) is 0 Å². The Kier molecular flexibility index (Phi) is 5.21. The number of pyridine rings is 1. The Balaban J connectivity index is 1.95. The second-order valence-corrected chi connectivity index (χ2v) is 5.75. The first-order chi connectivity index (χ1) is 9.71. The number of aryl methyl sites for hydroxylation is 1. The van der Waals surface area contributed by atoms with Crippen molar-refractivity contribution in [2.45, 2.75) is 16.6 Å². The molecule has 7 heteroatoms. The fourth-order valence-corrected chi connectivity index (χ4v) is 2.82. The molecule has 0 fully saturated rings. The fourth-order valence-electron chi connectivity index (χ4n) is 1.52. The first-order valence-corrected chi connectivity index (χ1v) is 8.08. The van der Waals surface area contributed by atoms with Crippen LogP contribution in [-0.4, -0.2) is 27.0 Å². The van der Waals surface area contributed by atoms with Crippen molar-refractivity contribution in [3.63, 3.8) is 0 Å². The summed E-state index contributed by atoms with van der Waals surface area (Å²) in [6.07, 6.45) is 4.36. The second kappa shape index (κ2) is 7.12. The molecule has 0 aliphatic carbocycles. The van der Waals surface area contributed by atoms with Crippen LogP contribution in [0.15, 0.2) is 34.6 Å². The van der Waals surface area contributed by atoms with E-state index in [1.54, 1.807) is 24.4 Å². The van der Waals surface area contributed by atoms with Crippen LogP contribution in [0.2, 0.25) is 0 Å². The van der Waals surface area contributed by atoms with E-state index >= 15 is 0 Å². The van der Waals surface area contributed by atoms with Gasteiger partial charge in [0.2, 0.25) is 0 Å². The van der Waals surface area contributed by atoms with Crippen molar-refractivity contribution in [1.82, 2.24) is 15.0 Å². The quantitative estimate of drug-likeness (QED) is 0.515. The molecule has 5 nitrogen and oxygen atoms in total. The summed E-state index contributed by atoms with van der Waals surface area (Å²) in [4.78, 5) is 12.8. The highest BCUT2D eigenvalue weighted by Gasteiger charge is 2.04. The van der Waals surface area contributed by atoms with Crippen LogP contribution in [0.5, 0.6) is 0 Å². The van der Waals surface area contributed by atoms with Gasteiger partial charge in [-0.05, 0) is 24.8 Å². The average molecular weight is 303 g/mol. The third-order valence-corrected chi connectivity index (χ3v) is 3.92. The summed E-state index contributed by atoms with van der Waals surface area (Å²) in [6, 6.07) is 7.36. The molecule has 102 valence electrons. The van der Waals surface area contributed by atoms with Crippen molar-refractivity contribution in [1.29, 1.82) is 5.26 Å². The van der Waals surface area contributed by atoms with Crippen molar-refractivity contribution < 1.29 is 0 Å². The van der Waals surface area contributed by atoms with Gasteiger partial charge >= 0.3 is 0 Å². The molecule has 0 radical (unpaired) electrons. The van der Waals surface area contributed by atoms with Crippen LogP contribution >= 0.6 is 23.5 Å². The lowest BCUT2D eigenvalue weighted by Gasteiger charge is -2.04. The van der Waals surface area contributed by atoms with E-state index in [0.717, 1.165) is 22.9 Å². The third-order valence-electron chi connectivity index (χ3n) is 2.45. The molecule has 20 heavy (non-hydrogen) atoms. The van der Waals surface area contributed by atoms with Gasteiger partial charge in [-0.2, -0.15) is 5.26 Å². The van der Waals surface area contributed by atoms with Gasteiger partial charge in [0.25, 0.3) is 0 Å². The zero-order valence-electron chi connectivity index (χ0n) is 10.9. The summed E-state index contributed by atoms with van der Waals surface area (Å²) < 4.78 is 0. The monoisotopic (exact) mass is 303 g/mol. The van der Waals surface area contributed by atoms with Crippen LogP contribution in [0.3, 0.4) is 0 Å². The zero-order chi connectivity index (χ0) is 14.4. The molecular formula is C13H13N5S2. The number of nitrogens with zero attached hydrogens (tertiary/aromatic N) is 4. The molecule has 2 aromatic rings. The minimum absolute atomic E-state index is 0.483.